The molecule has 2 fully saturated rings. The van der Waals surface area contributed by atoms with Crippen molar-refractivity contribution in [1.29, 1.82) is 0 Å². The molecule has 2 aliphatic heterocycles. The van der Waals surface area contributed by atoms with Crippen LogP contribution >= 0.6 is 0 Å². The highest BCUT2D eigenvalue weighted by Gasteiger charge is 2.29. The summed E-state index contributed by atoms with van der Waals surface area (Å²) >= 11 is 0. The smallest absolute Gasteiger partial charge is 0.0510 e. The van der Waals surface area contributed by atoms with Crippen molar-refractivity contribution in [1.82, 2.24) is 10.2 Å². The second-order valence-electron chi connectivity index (χ2n) is 5.83. The maximum absolute atomic E-state index is 5.58. The van der Waals surface area contributed by atoms with Crippen molar-refractivity contribution in [3.05, 3.63) is 0 Å². The van der Waals surface area contributed by atoms with E-state index in [1.807, 2.05) is 0 Å². The maximum Gasteiger partial charge on any atom is 0.0510 e. The van der Waals surface area contributed by atoms with E-state index in [0.717, 1.165) is 31.2 Å². The summed E-state index contributed by atoms with van der Waals surface area (Å²) in [4.78, 5) is 2.70. The molecular weight excluding hydrogens is 224 g/mol. The second-order valence-corrected chi connectivity index (χ2v) is 5.83. The summed E-state index contributed by atoms with van der Waals surface area (Å²) in [6.45, 7) is 10.2. The summed E-state index contributed by atoms with van der Waals surface area (Å²) in [5.41, 5.74) is 0. The number of nitrogens with one attached hydrogen (secondary N) is 1. The molecule has 3 nitrogen and oxygen atoms in total. The molecule has 3 unspecified atom stereocenters. The molecule has 0 aromatic rings. The molecule has 0 bridgehead atoms. The van der Waals surface area contributed by atoms with Gasteiger partial charge in [0, 0.05) is 25.2 Å². The van der Waals surface area contributed by atoms with Gasteiger partial charge in [-0.05, 0) is 44.7 Å². The Balaban J connectivity index is 1.87. The van der Waals surface area contributed by atoms with E-state index < -0.39 is 0 Å². The number of rotatable bonds is 6. The van der Waals surface area contributed by atoms with Crippen LogP contribution in [-0.4, -0.2) is 49.8 Å². The Morgan fingerprint density at radius 2 is 2.17 bits per heavy atom. The van der Waals surface area contributed by atoms with Crippen LogP contribution in [0, 0.1) is 5.92 Å². The minimum atomic E-state index is 0.718. The average molecular weight is 254 g/mol. The summed E-state index contributed by atoms with van der Waals surface area (Å²) in [5, 5.41) is 3.68. The van der Waals surface area contributed by atoms with Gasteiger partial charge in [-0.3, -0.25) is 4.90 Å². The molecule has 2 aliphatic rings. The Bertz CT molecular complexity index is 223. The van der Waals surface area contributed by atoms with Gasteiger partial charge in [0.1, 0.15) is 0 Å². The molecule has 106 valence electrons. The van der Waals surface area contributed by atoms with Crippen LogP contribution in [0.15, 0.2) is 0 Å². The third kappa shape index (κ3) is 3.69. The van der Waals surface area contributed by atoms with E-state index in [0.29, 0.717) is 0 Å². The lowest BCUT2D eigenvalue weighted by Crippen LogP contribution is -2.49. The lowest BCUT2D eigenvalue weighted by molar-refractivity contribution is 0.106. The number of nitrogens with zero attached hydrogens (tertiary/aromatic N) is 1. The number of piperidine rings is 1. The van der Waals surface area contributed by atoms with Gasteiger partial charge in [0.15, 0.2) is 0 Å². The molecule has 2 saturated heterocycles. The lowest BCUT2D eigenvalue weighted by Gasteiger charge is -2.37. The highest BCUT2D eigenvalue weighted by Crippen LogP contribution is 2.24. The topological polar surface area (TPSA) is 24.5 Å². The quantitative estimate of drug-likeness (QED) is 0.787. The lowest BCUT2D eigenvalue weighted by atomic mass is 9.94. The van der Waals surface area contributed by atoms with Gasteiger partial charge >= 0.3 is 0 Å². The zero-order chi connectivity index (χ0) is 12.8. The molecule has 2 rings (SSSR count). The molecule has 18 heavy (non-hydrogen) atoms. The van der Waals surface area contributed by atoms with Crippen LogP contribution in [0.4, 0.5) is 0 Å². The van der Waals surface area contributed by atoms with E-state index in [9.17, 15) is 0 Å². The maximum atomic E-state index is 5.58. The Labute approximate surface area is 112 Å². The fraction of sp³-hybridized carbons (Fsp3) is 1.00. The van der Waals surface area contributed by atoms with Gasteiger partial charge in [-0.2, -0.15) is 0 Å². The second kappa shape index (κ2) is 7.46. The number of ether oxygens (including phenoxy) is 1. The Morgan fingerprint density at radius 1 is 1.28 bits per heavy atom. The predicted molar refractivity (Wildman–Crippen MR) is 75.9 cm³/mol. The largest absolute Gasteiger partial charge is 0.381 e. The SMILES string of the molecule is CCC(C1CCOC1)N(CC)CC1CCCCN1. The van der Waals surface area contributed by atoms with Crippen LogP contribution in [-0.2, 0) is 4.74 Å². The molecule has 2 heterocycles. The van der Waals surface area contributed by atoms with E-state index >= 15 is 0 Å². The van der Waals surface area contributed by atoms with E-state index in [1.54, 1.807) is 0 Å². The van der Waals surface area contributed by atoms with E-state index in [2.05, 4.69) is 24.1 Å². The number of hydrogen-bond acceptors (Lipinski definition) is 3. The van der Waals surface area contributed by atoms with Crippen LogP contribution < -0.4 is 5.32 Å². The monoisotopic (exact) mass is 254 g/mol. The van der Waals surface area contributed by atoms with Crippen molar-refractivity contribution >= 4 is 0 Å². The first-order valence-electron chi connectivity index (χ1n) is 7.90. The van der Waals surface area contributed by atoms with Gasteiger partial charge in [-0.1, -0.05) is 20.3 Å². The van der Waals surface area contributed by atoms with E-state index in [-0.39, 0.29) is 0 Å². The summed E-state index contributed by atoms with van der Waals surface area (Å²) in [6, 6.07) is 1.44. The van der Waals surface area contributed by atoms with Crippen LogP contribution in [0.5, 0.6) is 0 Å². The van der Waals surface area contributed by atoms with Gasteiger partial charge in [0.05, 0.1) is 6.61 Å². The van der Waals surface area contributed by atoms with E-state index in [4.69, 9.17) is 4.74 Å². The molecule has 0 aromatic carbocycles. The van der Waals surface area contributed by atoms with Crippen LogP contribution in [0.25, 0.3) is 0 Å². The van der Waals surface area contributed by atoms with Crippen molar-refractivity contribution in [2.24, 2.45) is 5.92 Å². The minimum absolute atomic E-state index is 0.718. The van der Waals surface area contributed by atoms with Gasteiger partial charge in [-0.15, -0.1) is 0 Å². The highest BCUT2D eigenvalue weighted by atomic mass is 16.5. The van der Waals surface area contributed by atoms with Gasteiger partial charge in [0.25, 0.3) is 0 Å². The average Bonchev–Trinajstić information content (AvgIpc) is 2.93. The molecule has 0 aliphatic carbocycles. The van der Waals surface area contributed by atoms with Gasteiger partial charge in [-0.25, -0.2) is 0 Å². The van der Waals surface area contributed by atoms with Crippen LogP contribution in [0.2, 0.25) is 0 Å². The first kappa shape index (κ1) is 14.3. The molecular formula is C15H30N2O. The summed E-state index contributed by atoms with van der Waals surface area (Å²) in [5.74, 6) is 0.763. The zero-order valence-electron chi connectivity index (χ0n) is 12.2. The van der Waals surface area contributed by atoms with Crippen molar-refractivity contribution in [3.63, 3.8) is 0 Å². The summed E-state index contributed by atoms with van der Waals surface area (Å²) in [7, 11) is 0. The van der Waals surface area contributed by atoms with Crippen molar-refractivity contribution < 1.29 is 4.74 Å². The highest BCUT2D eigenvalue weighted by molar-refractivity contribution is 4.84. The van der Waals surface area contributed by atoms with Crippen molar-refractivity contribution in [3.8, 4) is 0 Å². The zero-order valence-corrected chi connectivity index (χ0v) is 12.2. The van der Waals surface area contributed by atoms with Crippen LogP contribution in [0.1, 0.15) is 46.0 Å². The molecule has 0 spiro atoms. The summed E-state index contributed by atoms with van der Waals surface area (Å²) < 4.78 is 5.58. The fourth-order valence-corrected chi connectivity index (χ4v) is 3.61. The summed E-state index contributed by atoms with van der Waals surface area (Å²) in [6.07, 6.45) is 6.63. The molecule has 0 amide bonds. The molecule has 0 radical (unpaired) electrons. The van der Waals surface area contributed by atoms with E-state index in [1.165, 1.54) is 51.7 Å². The number of likely N-dealkylation sites (N-methyl/N-ethyl adjacent to an activating group) is 1. The third-order valence-electron chi connectivity index (χ3n) is 4.67. The Hall–Kier alpha value is -0.120. The molecule has 0 saturated carbocycles. The van der Waals surface area contributed by atoms with Crippen LogP contribution in [0.3, 0.4) is 0 Å². The van der Waals surface area contributed by atoms with Gasteiger partial charge in [0.2, 0.25) is 0 Å². The minimum Gasteiger partial charge on any atom is -0.381 e. The predicted octanol–water partition coefficient (Wildman–Crippen LogP) is 2.27. The number of hydrogen-bond donors (Lipinski definition) is 1. The molecule has 3 heteroatoms. The van der Waals surface area contributed by atoms with Crippen molar-refractivity contribution in [2.45, 2.75) is 58.0 Å². The molecule has 1 N–H and O–H groups in total. The third-order valence-corrected chi connectivity index (χ3v) is 4.67. The standard InChI is InChI=1S/C15H30N2O/c1-3-15(13-8-10-18-12-13)17(4-2)11-14-7-5-6-9-16-14/h13-16H,3-12H2,1-2H3. The van der Waals surface area contributed by atoms with Gasteiger partial charge < -0.3 is 10.1 Å². The molecule has 0 aromatic heterocycles. The fourth-order valence-electron chi connectivity index (χ4n) is 3.61. The first-order valence-corrected chi connectivity index (χ1v) is 7.90. The molecule has 3 atom stereocenters. The van der Waals surface area contributed by atoms with Crippen molar-refractivity contribution in [2.75, 3.05) is 32.8 Å². The Morgan fingerprint density at radius 3 is 2.72 bits per heavy atom. The normalized spacial score (nSPS) is 30.8. The first-order chi connectivity index (χ1) is 8.85. The Kier molecular flexibility index (Phi) is 5.93.